The van der Waals surface area contributed by atoms with E-state index in [0.717, 1.165) is 22.7 Å². The summed E-state index contributed by atoms with van der Waals surface area (Å²) in [5.74, 6) is 0. The Hall–Kier alpha value is -8.72. The molecule has 2 nitrogen and oxygen atoms in total. The summed E-state index contributed by atoms with van der Waals surface area (Å²) in [6.07, 6.45) is 0. The number of fused-ring (bicyclic) bond motifs is 9. The molecule has 0 aliphatic rings. The van der Waals surface area contributed by atoms with Crippen LogP contribution in [0, 0.1) is 0 Å². The van der Waals surface area contributed by atoms with Crippen molar-refractivity contribution in [2.75, 3.05) is 4.90 Å². The highest BCUT2D eigenvalue weighted by Gasteiger charge is 2.17. The van der Waals surface area contributed by atoms with E-state index in [-0.39, 0.29) is 0 Å². The second-order valence-electron chi connectivity index (χ2n) is 17.3. The fourth-order valence-electron chi connectivity index (χ4n) is 10.4. The van der Waals surface area contributed by atoms with Crippen molar-refractivity contribution in [1.29, 1.82) is 0 Å². The monoisotopic (exact) mass is 838 g/mol. The Morgan fingerprint density at radius 1 is 0.242 bits per heavy atom. The molecular formula is C64H42N2. The van der Waals surface area contributed by atoms with Gasteiger partial charge in [-0.2, -0.15) is 0 Å². The Bertz CT molecular complexity index is 3760. The number of aromatic nitrogens is 1. The Kier molecular flexibility index (Phi) is 8.89. The predicted molar refractivity (Wildman–Crippen MR) is 282 cm³/mol. The summed E-state index contributed by atoms with van der Waals surface area (Å²) in [7, 11) is 0. The van der Waals surface area contributed by atoms with Gasteiger partial charge in [-0.3, -0.25) is 0 Å². The summed E-state index contributed by atoms with van der Waals surface area (Å²) < 4.78 is 2.39. The highest BCUT2D eigenvalue weighted by Crippen LogP contribution is 2.42. The van der Waals surface area contributed by atoms with Crippen molar-refractivity contribution < 1.29 is 0 Å². The molecule has 0 aliphatic carbocycles. The van der Waals surface area contributed by atoms with Crippen LogP contribution < -0.4 is 4.90 Å². The first kappa shape index (κ1) is 37.8. The maximum Gasteiger partial charge on any atom is 0.0541 e. The Morgan fingerprint density at radius 3 is 1.09 bits per heavy atom. The van der Waals surface area contributed by atoms with E-state index in [1.807, 2.05) is 0 Å². The molecular weight excluding hydrogens is 797 g/mol. The van der Waals surface area contributed by atoms with E-state index in [2.05, 4.69) is 264 Å². The summed E-state index contributed by atoms with van der Waals surface area (Å²) in [5, 5.41) is 12.6. The lowest BCUT2D eigenvalue weighted by Gasteiger charge is -2.26. The SMILES string of the molecule is c1cc(-c2ccc(N(c3ccc(-c4cc5ccccc5c5ccccc45)cc3)c3ccc(-c4cc5ccccc5c5ccccc45)cc3)cc2)cc(-n2c3ccccc3c3ccccc32)c1. The second-order valence-corrected chi connectivity index (χ2v) is 17.3. The third-order valence-corrected chi connectivity index (χ3v) is 13.6. The highest BCUT2D eigenvalue weighted by atomic mass is 15.1. The lowest BCUT2D eigenvalue weighted by molar-refractivity contribution is 1.18. The Balaban J connectivity index is 0.909. The molecule has 0 saturated heterocycles. The number of rotatable bonds is 7. The molecule has 66 heavy (non-hydrogen) atoms. The van der Waals surface area contributed by atoms with Crippen molar-refractivity contribution in [3.63, 3.8) is 0 Å². The van der Waals surface area contributed by atoms with E-state index in [0.29, 0.717) is 0 Å². The molecule has 0 atom stereocenters. The second kappa shape index (κ2) is 15.5. The van der Waals surface area contributed by atoms with Crippen LogP contribution in [0.4, 0.5) is 17.1 Å². The number of hydrogen-bond acceptors (Lipinski definition) is 1. The molecule has 0 aliphatic heterocycles. The van der Waals surface area contributed by atoms with Gasteiger partial charge < -0.3 is 9.47 Å². The summed E-state index contributed by atoms with van der Waals surface area (Å²) >= 11 is 0. The van der Waals surface area contributed by atoms with Crippen LogP contribution in [0.2, 0.25) is 0 Å². The molecule has 1 heterocycles. The third kappa shape index (κ3) is 6.26. The van der Waals surface area contributed by atoms with Gasteiger partial charge in [-0.05, 0) is 149 Å². The summed E-state index contributed by atoms with van der Waals surface area (Å²) in [6.45, 7) is 0. The number of para-hydroxylation sites is 2. The lowest BCUT2D eigenvalue weighted by atomic mass is 9.93. The van der Waals surface area contributed by atoms with Crippen LogP contribution in [0.3, 0.4) is 0 Å². The van der Waals surface area contributed by atoms with Crippen LogP contribution in [-0.2, 0) is 0 Å². The first-order valence-corrected chi connectivity index (χ1v) is 22.7. The molecule has 308 valence electrons. The smallest absolute Gasteiger partial charge is 0.0541 e. The summed E-state index contributed by atoms with van der Waals surface area (Å²) in [6, 6.07) is 93.2. The van der Waals surface area contributed by atoms with E-state index in [4.69, 9.17) is 0 Å². The van der Waals surface area contributed by atoms with Crippen molar-refractivity contribution in [3.8, 4) is 39.1 Å². The average molecular weight is 839 g/mol. The van der Waals surface area contributed by atoms with Gasteiger partial charge in [0.2, 0.25) is 0 Å². The van der Waals surface area contributed by atoms with Crippen LogP contribution in [0.25, 0.3) is 104 Å². The topological polar surface area (TPSA) is 8.17 Å². The van der Waals surface area contributed by atoms with Gasteiger partial charge in [0, 0.05) is 33.5 Å². The van der Waals surface area contributed by atoms with Gasteiger partial charge >= 0.3 is 0 Å². The minimum atomic E-state index is 1.09. The minimum absolute atomic E-state index is 1.09. The maximum absolute atomic E-state index is 2.39. The zero-order valence-electron chi connectivity index (χ0n) is 36.1. The fraction of sp³-hybridized carbons (Fsp3) is 0. The Labute approximate surface area is 383 Å². The van der Waals surface area contributed by atoms with Gasteiger partial charge in [0.25, 0.3) is 0 Å². The molecule has 0 radical (unpaired) electrons. The Morgan fingerprint density at radius 2 is 0.621 bits per heavy atom. The molecule has 0 saturated carbocycles. The molecule has 0 fully saturated rings. The van der Waals surface area contributed by atoms with Gasteiger partial charge in [0.15, 0.2) is 0 Å². The van der Waals surface area contributed by atoms with Crippen molar-refractivity contribution >= 4 is 82.0 Å². The first-order valence-electron chi connectivity index (χ1n) is 22.7. The average Bonchev–Trinajstić information content (AvgIpc) is 3.73. The number of hydrogen-bond donors (Lipinski definition) is 0. The highest BCUT2D eigenvalue weighted by molar-refractivity contribution is 6.15. The number of anilines is 3. The minimum Gasteiger partial charge on any atom is -0.311 e. The van der Waals surface area contributed by atoms with E-state index in [1.54, 1.807) is 0 Å². The van der Waals surface area contributed by atoms with Crippen LogP contribution in [-0.4, -0.2) is 4.57 Å². The molecule has 0 unspecified atom stereocenters. The standard InChI is InChI=1S/C64H42N2/c1-3-18-53-47(14-1)41-61(57-22-7-5-20-55(53)57)44-30-36-50(37-31-44)65(51-38-32-45(33-39-51)62-42-48-15-2-4-19-54(48)56-21-6-8-23-58(56)62)49-34-28-43(29-35-49)46-16-13-17-52(40-46)66-63-26-11-9-24-59(63)60-25-10-12-27-64(60)66/h1-42H. The molecule has 1 aromatic heterocycles. The normalized spacial score (nSPS) is 11.6. The van der Waals surface area contributed by atoms with Gasteiger partial charge in [0.1, 0.15) is 0 Å². The molecule has 2 heteroatoms. The zero-order valence-corrected chi connectivity index (χ0v) is 36.1. The zero-order chi connectivity index (χ0) is 43.6. The summed E-state index contributed by atoms with van der Waals surface area (Å²) in [5.41, 5.74) is 14.0. The predicted octanol–water partition coefficient (Wildman–Crippen LogP) is 17.9. The van der Waals surface area contributed by atoms with Gasteiger partial charge in [0.05, 0.1) is 11.0 Å². The van der Waals surface area contributed by atoms with Crippen molar-refractivity contribution in [2.45, 2.75) is 0 Å². The number of benzene rings is 12. The van der Waals surface area contributed by atoms with Crippen molar-refractivity contribution in [3.05, 3.63) is 255 Å². The maximum atomic E-state index is 2.39. The molecule has 0 bridgehead atoms. The van der Waals surface area contributed by atoms with Crippen LogP contribution in [0.5, 0.6) is 0 Å². The van der Waals surface area contributed by atoms with Crippen LogP contribution in [0.1, 0.15) is 0 Å². The van der Waals surface area contributed by atoms with Crippen LogP contribution in [0.15, 0.2) is 255 Å². The third-order valence-electron chi connectivity index (χ3n) is 13.6. The van der Waals surface area contributed by atoms with E-state index >= 15 is 0 Å². The number of nitrogens with zero attached hydrogens (tertiary/aromatic N) is 2. The lowest BCUT2D eigenvalue weighted by Crippen LogP contribution is -2.09. The molecule has 0 N–H and O–H groups in total. The largest absolute Gasteiger partial charge is 0.311 e. The van der Waals surface area contributed by atoms with Crippen molar-refractivity contribution in [2.24, 2.45) is 0 Å². The molecule has 0 spiro atoms. The van der Waals surface area contributed by atoms with E-state index < -0.39 is 0 Å². The molecule has 13 rings (SSSR count). The van der Waals surface area contributed by atoms with Crippen LogP contribution >= 0.6 is 0 Å². The van der Waals surface area contributed by atoms with Gasteiger partial charge in [-0.1, -0.05) is 182 Å². The van der Waals surface area contributed by atoms with Crippen molar-refractivity contribution in [1.82, 2.24) is 4.57 Å². The fourth-order valence-corrected chi connectivity index (χ4v) is 10.4. The summed E-state index contributed by atoms with van der Waals surface area (Å²) in [4.78, 5) is 2.38. The molecule has 0 amide bonds. The van der Waals surface area contributed by atoms with E-state index in [1.165, 1.54) is 98.3 Å². The van der Waals surface area contributed by atoms with Gasteiger partial charge in [-0.25, -0.2) is 0 Å². The molecule has 12 aromatic carbocycles. The first-order chi connectivity index (χ1) is 32.7. The van der Waals surface area contributed by atoms with E-state index in [9.17, 15) is 0 Å². The molecule has 13 aromatic rings. The van der Waals surface area contributed by atoms with Gasteiger partial charge in [-0.15, -0.1) is 0 Å². The quantitative estimate of drug-likeness (QED) is 0.145.